The molecule has 0 saturated heterocycles. The molecule has 1 N–H and O–H groups in total. The fraction of sp³-hybridized carbons (Fsp3) is 0.167. The van der Waals surface area contributed by atoms with E-state index < -0.39 is 0 Å². The number of phenols is 1. The minimum atomic E-state index is 0. The third-order valence-electron chi connectivity index (χ3n) is 4.58. The van der Waals surface area contributed by atoms with Gasteiger partial charge in [0, 0.05) is 5.56 Å². The molecule has 0 aliphatic rings. The van der Waals surface area contributed by atoms with Crippen LogP contribution in [0.25, 0.3) is 5.43 Å². The number of rotatable bonds is 5. The summed E-state index contributed by atoms with van der Waals surface area (Å²) in [4.78, 5) is 11.4. The van der Waals surface area contributed by atoms with Gasteiger partial charge in [-0.2, -0.15) is 0 Å². The molecule has 0 aromatic heterocycles. The fourth-order valence-corrected chi connectivity index (χ4v) is 3.03. The molecule has 0 aliphatic heterocycles. The predicted molar refractivity (Wildman–Crippen MR) is 119 cm³/mol. The van der Waals surface area contributed by atoms with E-state index in [1.807, 2.05) is 70.4 Å². The minimum absolute atomic E-state index is 0. The maximum Gasteiger partial charge on any atom is 2.00 e. The number of carbonyl (C=O) groups excluding carboxylic acids is 1. The van der Waals surface area contributed by atoms with E-state index in [0.29, 0.717) is 16.9 Å². The molecule has 3 aromatic carbocycles. The Morgan fingerprint density at radius 3 is 2.35 bits per heavy atom. The molecule has 0 heterocycles. The van der Waals surface area contributed by atoms with Crippen LogP contribution in [0.15, 0.2) is 69.9 Å². The molecule has 0 atom stereocenters. The van der Waals surface area contributed by atoms with E-state index in [-0.39, 0.29) is 28.7 Å². The molecule has 0 spiro atoms. The van der Waals surface area contributed by atoms with Crippen molar-refractivity contribution in [3.8, 4) is 5.75 Å². The minimum Gasteiger partial charge on any atom is -0.571 e. The van der Waals surface area contributed by atoms with Gasteiger partial charge < -0.3 is 20.4 Å². The van der Waals surface area contributed by atoms with Crippen LogP contribution in [0, 0.1) is 27.7 Å². The molecule has 161 valence electrons. The average molecular weight is 462 g/mol. The van der Waals surface area contributed by atoms with Crippen LogP contribution in [0.5, 0.6) is 5.75 Å². The van der Waals surface area contributed by atoms with Crippen molar-refractivity contribution in [3.63, 3.8) is 0 Å². The molecule has 6 nitrogen and oxygen atoms in total. The maximum atomic E-state index is 11.4. The second-order valence-corrected chi connectivity index (χ2v) is 7.11. The second-order valence-electron chi connectivity index (χ2n) is 7.11. The van der Waals surface area contributed by atoms with Crippen LogP contribution < -0.4 is 0 Å². The van der Waals surface area contributed by atoms with Gasteiger partial charge >= 0.3 is 17.1 Å². The predicted octanol–water partition coefficient (Wildman–Crippen LogP) is 6.23. The first kappa shape index (κ1) is 24.0. The third kappa shape index (κ3) is 5.87. The molecule has 0 bridgehead atoms. The molecule has 0 amide bonds. The van der Waals surface area contributed by atoms with Crippen molar-refractivity contribution in [2.24, 2.45) is 15.3 Å². The Morgan fingerprint density at radius 1 is 0.935 bits per heavy atom. The van der Waals surface area contributed by atoms with Crippen molar-refractivity contribution in [1.82, 2.24) is 0 Å². The van der Waals surface area contributed by atoms with Crippen molar-refractivity contribution in [3.05, 3.63) is 93.4 Å². The van der Waals surface area contributed by atoms with Gasteiger partial charge in [0.2, 0.25) is 0 Å². The zero-order valence-electron chi connectivity index (χ0n) is 17.6. The summed E-state index contributed by atoms with van der Waals surface area (Å²) in [5.74, 6) is 0.302. The monoisotopic (exact) mass is 461 g/mol. The van der Waals surface area contributed by atoms with Crippen LogP contribution >= 0.6 is 0 Å². The number of hydrogen-bond donors (Lipinski definition) is 1. The van der Waals surface area contributed by atoms with Gasteiger partial charge in [-0.25, -0.2) is 5.11 Å². The van der Waals surface area contributed by atoms with Gasteiger partial charge in [0.05, 0.1) is 6.29 Å². The molecule has 0 fully saturated rings. The number of aromatic hydroxyl groups is 1. The Balaban J connectivity index is 0.00000341. The van der Waals surface area contributed by atoms with Gasteiger partial charge in [-0.1, -0.05) is 60.6 Å². The average Bonchev–Trinajstić information content (AvgIpc) is 2.70. The number of aryl methyl sites for hydroxylation is 4. The summed E-state index contributed by atoms with van der Waals surface area (Å²) >= 11 is 0. The van der Waals surface area contributed by atoms with Crippen LogP contribution in [-0.2, 0) is 21.9 Å². The Bertz CT molecular complexity index is 1160. The Kier molecular flexibility index (Phi) is 8.25. The van der Waals surface area contributed by atoms with E-state index >= 15 is 0 Å². The Labute approximate surface area is 192 Å². The van der Waals surface area contributed by atoms with Gasteiger partial charge in [0.25, 0.3) is 0 Å². The fourth-order valence-electron chi connectivity index (χ4n) is 3.03. The van der Waals surface area contributed by atoms with Gasteiger partial charge in [-0.3, -0.25) is 0 Å². The standard InChI is InChI=1S/C24H22N4O2.Cu/c1-15-9-10-21(23(30)13-15)25-27-24(19-8-6-5-7-17(19)3)28-26-22-12-16(2)11-18(4)20(22)14-29;/h5-13H,1-4H3,(H-,25,26,27,28,29,30);/q-2;+2. The largest absolute Gasteiger partial charge is 2.00 e. The Morgan fingerprint density at radius 2 is 1.68 bits per heavy atom. The summed E-state index contributed by atoms with van der Waals surface area (Å²) in [5.41, 5.74) is 9.63. The molecule has 0 saturated carbocycles. The van der Waals surface area contributed by atoms with Crippen molar-refractivity contribution >= 4 is 23.5 Å². The van der Waals surface area contributed by atoms with Crippen molar-refractivity contribution < 1.29 is 27.0 Å². The van der Waals surface area contributed by atoms with E-state index in [1.165, 1.54) is 0 Å². The van der Waals surface area contributed by atoms with E-state index in [1.54, 1.807) is 18.2 Å². The number of nitrogens with zero attached hydrogens (tertiary/aromatic N) is 4. The van der Waals surface area contributed by atoms with E-state index in [2.05, 4.69) is 20.8 Å². The summed E-state index contributed by atoms with van der Waals surface area (Å²) in [6.07, 6.45) is 1.94. The van der Waals surface area contributed by atoms with Crippen molar-refractivity contribution in [1.29, 1.82) is 0 Å². The normalized spacial score (nSPS) is 11.3. The topological polar surface area (TPSA) is 88.5 Å². The first-order chi connectivity index (χ1) is 14.4. The second kappa shape index (κ2) is 10.7. The SMILES string of the molecule is Cc1ccc([N-]/N=C(\N=Nc2cc(C)cc(C)c2[C-]=O)c2ccccc2C)c(O)c1.[Cu+2]. The van der Waals surface area contributed by atoms with Crippen LogP contribution in [0.3, 0.4) is 0 Å². The van der Waals surface area contributed by atoms with Gasteiger partial charge in [-0.15, -0.1) is 22.3 Å². The van der Waals surface area contributed by atoms with Gasteiger partial charge in [-0.05, 0) is 43.7 Å². The summed E-state index contributed by atoms with van der Waals surface area (Å²) in [6.45, 7) is 7.57. The number of amidine groups is 1. The van der Waals surface area contributed by atoms with E-state index in [4.69, 9.17) is 0 Å². The van der Waals surface area contributed by atoms with Crippen molar-refractivity contribution in [2.75, 3.05) is 0 Å². The number of hydrogen-bond acceptors (Lipinski definition) is 4. The van der Waals surface area contributed by atoms with Gasteiger partial charge in [0.1, 0.15) is 5.75 Å². The molecule has 1 radical (unpaired) electrons. The van der Waals surface area contributed by atoms with Crippen LogP contribution in [0.1, 0.15) is 33.4 Å². The zero-order valence-corrected chi connectivity index (χ0v) is 18.6. The van der Waals surface area contributed by atoms with Crippen LogP contribution in [0.2, 0.25) is 0 Å². The summed E-state index contributed by atoms with van der Waals surface area (Å²) in [6, 6.07) is 16.4. The molecule has 3 aromatic rings. The van der Waals surface area contributed by atoms with Gasteiger partial charge in [0.15, 0.2) is 5.84 Å². The van der Waals surface area contributed by atoms with Crippen LogP contribution in [-0.4, -0.2) is 17.2 Å². The molecular formula is C24H22CuN4O2. The first-order valence-electron chi connectivity index (χ1n) is 9.44. The van der Waals surface area contributed by atoms with Crippen molar-refractivity contribution in [2.45, 2.75) is 27.7 Å². The quantitative estimate of drug-likeness (QED) is 0.122. The van der Waals surface area contributed by atoms with E-state index in [9.17, 15) is 9.90 Å². The third-order valence-corrected chi connectivity index (χ3v) is 4.58. The first-order valence-corrected chi connectivity index (χ1v) is 9.44. The smallest absolute Gasteiger partial charge is 0.571 e. The van der Waals surface area contributed by atoms with Crippen LogP contribution in [0.4, 0.5) is 11.4 Å². The molecule has 0 aliphatic carbocycles. The zero-order chi connectivity index (χ0) is 21.7. The summed E-state index contributed by atoms with van der Waals surface area (Å²) in [7, 11) is 0. The number of phenolic OH excluding ortho intramolecular Hbond substituents is 1. The molecule has 0 unspecified atom stereocenters. The molecule has 31 heavy (non-hydrogen) atoms. The molecule has 3 rings (SSSR count). The summed E-state index contributed by atoms with van der Waals surface area (Å²) < 4.78 is 0. The maximum absolute atomic E-state index is 11.4. The summed E-state index contributed by atoms with van der Waals surface area (Å²) in [5, 5.41) is 22.9. The molecule has 7 heteroatoms. The molecular weight excluding hydrogens is 440 g/mol. The Hall–Kier alpha value is -3.28. The van der Waals surface area contributed by atoms with E-state index in [0.717, 1.165) is 27.8 Å². The number of benzene rings is 3. The number of azo groups is 1.